The third-order valence-corrected chi connectivity index (χ3v) is 4.27. The first-order valence-corrected chi connectivity index (χ1v) is 6.58. The molecule has 2 aliphatic heterocycles. The van der Waals surface area contributed by atoms with Gasteiger partial charge < -0.3 is 4.74 Å². The van der Waals surface area contributed by atoms with E-state index in [9.17, 15) is 0 Å². The second-order valence-corrected chi connectivity index (χ2v) is 5.24. The van der Waals surface area contributed by atoms with Gasteiger partial charge in [0.15, 0.2) is 0 Å². The zero-order valence-corrected chi connectivity index (χ0v) is 10.5. The molecule has 2 fully saturated rings. The van der Waals surface area contributed by atoms with Crippen LogP contribution in [0.15, 0.2) is 0 Å². The van der Waals surface area contributed by atoms with Crippen molar-refractivity contribution in [3.8, 4) is 0 Å². The number of hydrogen-bond donors (Lipinski definition) is 2. The Kier molecular flexibility index (Phi) is 4.19. The molecular weight excluding hydrogens is 202 g/mol. The molecule has 4 heteroatoms. The molecule has 0 aromatic carbocycles. The molecule has 2 saturated heterocycles. The van der Waals surface area contributed by atoms with Crippen LogP contribution < -0.4 is 11.3 Å². The van der Waals surface area contributed by atoms with Gasteiger partial charge in [0.25, 0.3) is 0 Å². The number of ether oxygens (including phenoxy) is 1. The summed E-state index contributed by atoms with van der Waals surface area (Å²) in [5.74, 6) is 6.23. The van der Waals surface area contributed by atoms with Gasteiger partial charge in [-0.3, -0.25) is 16.2 Å². The Bertz CT molecular complexity index is 224. The van der Waals surface area contributed by atoms with E-state index < -0.39 is 0 Å². The number of rotatable bonds is 4. The molecule has 0 amide bonds. The van der Waals surface area contributed by atoms with Gasteiger partial charge in [-0.05, 0) is 25.3 Å². The molecule has 3 N–H and O–H groups in total. The van der Waals surface area contributed by atoms with Crippen molar-refractivity contribution in [2.45, 2.75) is 51.3 Å². The number of nitrogens with zero attached hydrogens (tertiary/aromatic N) is 1. The number of morpholine rings is 1. The highest BCUT2D eigenvalue weighted by Gasteiger charge is 2.36. The third-order valence-electron chi connectivity index (χ3n) is 4.27. The molecule has 0 spiro atoms. The van der Waals surface area contributed by atoms with Gasteiger partial charge in [-0.15, -0.1) is 0 Å². The van der Waals surface area contributed by atoms with Gasteiger partial charge in [0.05, 0.1) is 18.8 Å². The van der Waals surface area contributed by atoms with Crippen LogP contribution in [0.1, 0.15) is 33.1 Å². The van der Waals surface area contributed by atoms with Crippen molar-refractivity contribution >= 4 is 0 Å². The molecule has 2 aliphatic rings. The van der Waals surface area contributed by atoms with E-state index in [4.69, 9.17) is 10.6 Å². The Morgan fingerprint density at radius 3 is 3.06 bits per heavy atom. The molecule has 0 aliphatic carbocycles. The minimum Gasteiger partial charge on any atom is -0.374 e. The van der Waals surface area contributed by atoms with Crippen LogP contribution >= 0.6 is 0 Å². The highest BCUT2D eigenvalue weighted by atomic mass is 16.5. The summed E-state index contributed by atoms with van der Waals surface area (Å²) in [4.78, 5) is 2.57. The van der Waals surface area contributed by atoms with Crippen molar-refractivity contribution < 1.29 is 4.74 Å². The Morgan fingerprint density at radius 2 is 2.38 bits per heavy atom. The van der Waals surface area contributed by atoms with Crippen LogP contribution in [-0.2, 0) is 4.74 Å². The lowest BCUT2D eigenvalue weighted by Gasteiger charge is -2.40. The quantitative estimate of drug-likeness (QED) is 0.549. The maximum Gasteiger partial charge on any atom is 0.0871 e. The van der Waals surface area contributed by atoms with Crippen molar-refractivity contribution in [1.29, 1.82) is 0 Å². The van der Waals surface area contributed by atoms with E-state index in [0.717, 1.165) is 19.6 Å². The van der Waals surface area contributed by atoms with Crippen LogP contribution in [0, 0.1) is 5.92 Å². The molecule has 0 aromatic rings. The normalized spacial score (nSPS) is 34.7. The molecule has 16 heavy (non-hydrogen) atoms. The predicted octanol–water partition coefficient (Wildman–Crippen LogP) is 0.728. The number of hydrogen-bond acceptors (Lipinski definition) is 4. The fourth-order valence-electron chi connectivity index (χ4n) is 2.95. The largest absolute Gasteiger partial charge is 0.374 e. The molecule has 2 rings (SSSR count). The summed E-state index contributed by atoms with van der Waals surface area (Å²) < 4.78 is 5.98. The van der Waals surface area contributed by atoms with Crippen LogP contribution in [0.2, 0.25) is 0 Å². The lowest BCUT2D eigenvalue weighted by Crippen LogP contribution is -2.57. The molecule has 0 saturated carbocycles. The van der Waals surface area contributed by atoms with Gasteiger partial charge in [-0.2, -0.15) is 0 Å². The summed E-state index contributed by atoms with van der Waals surface area (Å²) in [6, 6.07) is 0.957. The Morgan fingerprint density at radius 1 is 1.56 bits per heavy atom. The minimum absolute atomic E-state index is 0.259. The van der Waals surface area contributed by atoms with E-state index in [-0.39, 0.29) is 12.1 Å². The number of fused-ring (bicyclic) bond motifs is 1. The average Bonchev–Trinajstić information content (AvgIpc) is 2.77. The summed E-state index contributed by atoms with van der Waals surface area (Å²) in [5, 5.41) is 0. The Labute approximate surface area is 98.5 Å². The number of hydrazine groups is 1. The highest BCUT2D eigenvalue weighted by molar-refractivity contribution is 4.90. The van der Waals surface area contributed by atoms with Crippen molar-refractivity contribution in [3.63, 3.8) is 0 Å². The molecule has 4 nitrogen and oxygen atoms in total. The van der Waals surface area contributed by atoms with E-state index in [0.29, 0.717) is 12.0 Å². The third kappa shape index (κ3) is 2.40. The molecular formula is C12H25N3O. The first-order chi connectivity index (χ1) is 7.76. The Balaban J connectivity index is 1.93. The van der Waals surface area contributed by atoms with Crippen LogP contribution in [0.4, 0.5) is 0 Å². The monoisotopic (exact) mass is 227 g/mol. The van der Waals surface area contributed by atoms with Crippen LogP contribution in [0.5, 0.6) is 0 Å². The van der Waals surface area contributed by atoms with E-state index in [1.165, 1.54) is 19.4 Å². The Hall–Kier alpha value is -0.160. The van der Waals surface area contributed by atoms with Gasteiger partial charge in [0, 0.05) is 12.6 Å². The molecule has 0 radical (unpaired) electrons. The van der Waals surface area contributed by atoms with Gasteiger partial charge in [-0.1, -0.05) is 20.3 Å². The summed E-state index contributed by atoms with van der Waals surface area (Å²) in [5.41, 5.74) is 2.95. The van der Waals surface area contributed by atoms with Gasteiger partial charge in [0.1, 0.15) is 0 Å². The molecule has 0 aromatic heterocycles. The summed E-state index contributed by atoms with van der Waals surface area (Å²) in [7, 11) is 0. The zero-order chi connectivity index (χ0) is 11.5. The topological polar surface area (TPSA) is 50.5 Å². The first kappa shape index (κ1) is 12.3. The zero-order valence-electron chi connectivity index (χ0n) is 10.5. The maximum atomic E-state index is 5.98. The lowest BCUT2D eigenvalue weighted by atomic mass is 9.93. The molecule has 2 heterocycles. The summed E-state index contributed by atoms with van der Waals surface area (Å²) in [6.45, 7) is 7.62. The fraction of sp³-hybridized carbons (Fsp3) is 1.00. The molecule has 0 bridgehead atoms. The van der Waals surface area contributed by atoms with Crippen molar-refractivity contribution in [3.05, 3.63) is 0 Å². The molecule has 94 valence electrons. The van der Waals surface area contributed by atoms with E-state index in [1.807, 2.05) is 0 Å². The summed E-state index contributed by atoms with van der Waals surface area (Å²) >= 11 is 0. The molecule has 4 atom stereocenters. The van der Waals surface area contributed by atoms with Crippen LogP contribution in [-0.4, -0.2) is 42.8 Å². The number of nitrogens with two attached hydrogens (primary N) is 1. The minimum atomic E-state index is 0.259. The van der Waals surface area contributed by atoms with Crippen LogP contribution in [0.25, 0.3) is 0 Å². The summed E-state index contributed by atoms with van der Waals surface area (Å²) in [6.07, 6.45) is 4.02. The smallest absolute Gasteiger partial charge is 0.0871 e. The second kappa shape index (κ2) is 5.45. The van der Waals surface area contributed by atoms with Gasteiger partial charge in [0.2, 0.25) is 0 Å². The van der Waals surface area contributed by atoms with Crippen molar-refractivity contribution in [1.82, 2.24) is 10.3 Å². The molecule has 4 unspecified atom stereocenters. The van der Waals surface area contributed by atoms with Crippen LogP contribution in [0.3, 0.4) is 0 Å². The van der Waals surface area contributed by atoms with Gasteiger partial charge >= 0.3 is 0 Å². The highest BCUT2D eigenvalue weighted by Crippen LogP contribution is 2.25. The van der Waals surface area contributed by atoms with E-state index >= 15 is 0 Å². The standard InChI is InChI=1S/C12H25N3O/c1-3-9(2)12(14-13)11-7-15-6-4-5-10(15)8-16-11/h9-12,14H,3-8,13H2,1-2H3. The second-order valence-electron chi connectivity index (χ2n) is 5.24. The predicted molar refractivity (Wildman–Crippen MR) is 64.9 cm³/mol. The fourth-order valence-corrected chi connectivity index (χ4v) is 2.95. The SMILES string of the molecule is CCC(C)C(NN)C1CN2CCCC2CO1. The maximum absolute atomic E-state index is 5.98. The van der Waals surface area contributed by atoms with Crippen molar-refractivity contribution in [2.24, 2.45) is 11.8 Å². The lowest BCUT2D eigenvalue weighted by molar-refractivity contribution is -0.0725. The van der Waals surface area contributed by atoms with E-state index in [2.05, 4.69) is 24.2 Å². The van der Waals surface area contributed by atoms with Crippen molar-refractivity contribution in [2.75, 3.05) is 19.7 Å². The average molecular weight is 227 g/mol. The van der Waals surface area contributed by atoms with E-state index in [1.54, 1.807) is 0 Å². The number of nitrogens with one attached hydrogen (secondary N) is 1. The first-order valence-electron chi connectivity index (χ1n) is 6.58. The van der Waals surface area contributed by atoms with Gasteiger partial charge in [-0.25, -0.2) is 0 Å².